The van der Waals surface area contributed by atoms with Gasteiger partial charge in [-0.05, 0) is 35.8 Å². The average molecular weight is 543 g/mol. The Balaban J connectivity index is 1.90. The van der Waals surface area contributed by atoms with Gasteiger partial charge in [0.2, 0.25) is 0 Å². The Labute approximate surface area is 220 Å². The van der Waals surface area contributed by atoms with Gasteiger partial charge in [0.15, 0.2) is 22.9 Å². The van der Waals surface area contributed by atoms with Crippen molar-refractivity contribution in [3.05, 3.63) is 89.6 Å². The number of esters is 1. The van der Waals surface area contributed by atoms with Crippen LogP contribution < -0.4 is 24.4 Å². The predicted molar refractivity (Wildman–Crippen MR) is 138 cm³/mol. The maximum atomic E-state index is 13.7. The fourth-order valence-electron chi connectivity index (χ4n) is 4.06. The van der Waals surface area contributed by atoms with Crippen molar-refractivity contribution < 1.29 is 28.9 Å². The fourth-order valence-corrected chi connectivity index (χ4v) is 5.36. The Hall–Kier alpha value is -3.89. The summed E-state index contributed by atoms with van der Waals surface area (Å²) in [4.78, 5) is 42.5. The summed E-state index contributed by atoms with van der Waals surface area (Å²) in [5.41, 5.74) is 1.82. The third-order valence-electron chi connectivity index (χ3n) is 5.66. The number of carboxylic acids is 1. The third-order valence-corrected chi connectivity index (χ3v) is 6.92. The molecule has 1 N–H and O–H groups in total. The monoisotopic (exact) mass is 542 g/mol. The molecule has 1 aromatic heterocycles. The van der Waals surface area contributed by atoms with Crippen molar-refractivity contribution in [2.24, 2.45) is 4.99 Å². The Morgan fingerprint density at radius 1 is 1.22 bits per heavy atom. The molecule has 0 saturated heterocycles. The van der Waals surface area contributed by atoms with Gasteiger partial charge in [-0.1, -0.05) is 60.2 Å². The summed E-state index contributed by atoms with van der Waals surface area (Å²) in [5, 5.41) is 9.03. The largest absolute Gasteiger partial charge is 0.493 e. The number of thiazole rings is 1. The average Bonchev–Trinajstić information content (AvgIpc) is 3.20. The van der Waals surface area contributed by atoms with E-state index in [9.17, 15) is 14.4 Å². The minimum atomic E-state index is -1.16. The first-order chi connectivity index (χ1) is 17.8. The molecule has 1 atom stereocenters. The number of hydrogen-bond acceptors (Lipinski definition) is 8. The van der Waals surface area contributed by atoms with Crippen LogP contribution in [0.4, 0.5) is 0 Å². The number of methoxy groups -OCH3 is 2. The number of halogens is 1. The van der Waals surface area contributed by atoms with E-state index in [1.54, 1.807) is 18.2 Å². The lowest BCUT2D eigenvalue weighted by molar-refractivity contribution is -0.139. The van der Waals surface area contributed by atoms with Crippen molar-refractivity contribution in [1.82, 2.24) is 4.57 Å². The summed E-state index contributed by atoms with van der Waals surface area (Å²) >= 11 is 7.52. The summed E-state index contributed by atoms with van der Waals surface area (Å²) in [6.45, 7) is 1.30. The topological polar surface area (TPSA) is 116 Å². The molecule has 0 saturated carbocycles. The molecule has 1 aliphatic rings. The minimum absolute atomic E-state index is 0.0876. The number of rotatable bonds is 8. The maximum Gasteiger partial charge on any atom is 0.341 e. The molecule has 9 nitrogen and oxygen atoms in total. The van der Waals surface area contributed by atoms with Gasteiger partial charge in [-0.15, -0.1) is 0 Å². The summed E-state index contributed by atoms with van der Waals surface area (Å²) < 4.78 is 17.5. The van der Waals surface area contributed by atoms with E-state index in [4.69, 9.17) is 30.9 Å². The SMILES string of the molecule is CCC1=C(C(=O)OC)[C@@H](c2ccccc2)n2c(s/c(=C\c3cc(Cl)c(OCC(=O)O)c(OC)c3)c2=O)=N1. The van der Waals surface area contributed by atoms with Crippen molar-refractivity contribution in [2.75, 3.05) is 20.8 Å². The highest BCUT2D eigenvalue weighted by atomic mass is 35.5. The zero-order valence-electron chi connectivity index (χ0n) is 20.2. The van der Waals surface area contributed by atoms with Gasteiger partial charge in [-0.25, -0.2) is 14.6 Å². The van der Waals surface area contributed by atoms with Crippen molar-refractivity contribution in [2.45, 2.75) is 19.4 Å². The second kappa shape index (κ2) is 11.0. The molecule has 0 bridgehead atoms. The van der Waals surface area contributed by atoms with Gasteiger partial charge in [0.25, 0.3) is 5.56 Å². The van der Waals surface area contributed by atoms with Crippen LogP contribution in [0.25, 0.3) is 6.08 Å². The molecular formula is C26H23ClN2O7S. The van der Waals surface area contributed by atoms with Crippen LogP contribution >= 0.6 is 22.9 Å². The number of carboxylic acid groups (broad SMARTS) is 1. The number of nitrogens with zero attached hydrogens (tertiary/aromatic N) is 2. The third kappa shape index (κ3) is 5.16. The molecule has 37 heavy (non-hydrogen) atoms. The molecule has 0 aliphatic carbocycles. The molecule has 1 aliphatic heterocycles. The van der Waals surface area contributed by atoms with Crippen LogP contribution in [-0.4, -0.2) is 42.4 Å². The number of aliphatic carboxylic acids is 1. The van der Waals surface area contributed by atoms with E-state index in [-0.39, 0.29) is 22.1 Å². The van der Waals surface area contributed by atoms with Crippen LogP contribution in [0.1, 0.15) is 30.5 Å². The first-order valence-electron chi connectivity index (χ1n) is 11.2. The smallest absolute Gasteiger partial charge is 0.341 e. The number of benzene rings is 2. The molecule has 192 valence electrons. The standard InChI is InChI=1S/C26H23ClN2O7S/c1-4-17-21(25(33)35-3)22(15-8-6-5-7-9-15)29-24(32)19(37-26(29)28-17)12-14-10-16(27)23(18(11-14)34-2)36-13-20(30)31/h5-12,22H,4,13H2,1-3H3,(H,30,31)/b19-12-/t22-/m1/s1. The molecule has 2 heterocycles. The van der Waals surface area contributed by atoms with E-state index < -0.39 is 24.6 Å². The predicted octanol–water partition coefficient (Wildman–Crippen LogP) is 2.92. The van der Waals surface area contributed by atoms with E-state index >= 15 is 0 Å². The number of ether oxygens (including phenoxy) is 3. The number of hydrogen-bond donors (Lipinski definition) is 1. The lowest BCUT2D eigenvalue weighted by Gasteiger charge is -2.25. The number of fused-ring (bicyclic) bond motifs is 1. The quantitative estimate of drug-likeness (QED) is 0.435. The number of allylic oxidation sites excluding steroid dienone is 1. The van der Waals surface area contributed by atoms with Crippen molar-refractivity contribution in [1.29, 1.82) is 0 Å². The van der Waals surface area contributed by atoms with E-state index in [2.05, 4.69) is 4.99 Å². The Kier molecular flexibility index (Phi) is 7.80. The van der Waals surface area contributed by atoms with Gasteiger partial charge < -0.3 is 19.3 Å². The van der Waals surface area contributed by atoms with Gasteiger partial charge in [0, 0.05) is 0 Å². The van der Waals surface area contributed by atoms with E-state index in [0.717, 1.165) is 5.56 Å². The Morgan fingerprint density at radius 3 is 2.57 bits per heavy atom. The second-order valence-electron chi connectivity index (χ2n) is 7.92. The lowest BCUT2D eigenvalue weighted by Crippen LogP contribution is -2.40. The number of aromatic nitrogens is 1. The van der Waals surface area contributed by atoms with Gasteiger partial charge >= 0.3 is 11.9 Å². The van der Waals surface area contributed by atoms with Crippen molar-refractivity contribution in [3.63, 3.8) is 0 Å². The van der Waals surface area contributed by atoms with Crippen molar-refractivity contribution in [3.8, 4) is 11.5 Å². The fraction of sp³-hybridized carbons (Fsp3) is 0.231. The summed E-state index contributed by atoms with van der Waals surface area (Å²) in [7, 11) is 2.70. The molecule has 0 fully saturated rings. The normalized spacial score (nSPS) is 15.1. The molecule has 0 radical (unpaired) electrons. The molecule has 0 spiro atoms. The van der Waals surface area contributed by atoms with Crippen LogP contribution in [-0.2, 0) is 14.3 Å². The first-order valence-corrected chi connectivity index (χ1v) is 12.4. The molecule has 4 rings (SSSR count). The van der Waals surface area contributed by atoms with Crippen LogP contribution in [0.15, 0.2) is 63.5 Å². The zero-order chi connectivity index (χ0) is 26.7. The molecule has 2 aromatic carbocycles. The summed E-state index contributed by atoms with van der Waals surface area (Å²) in [6, 6.07) is 11.7. The second-order valence-corrected chi connectivity index (χ2v) is 9.33. The molecule has 3 aromatic rings. The molecule has 11 heteroatoms. The molecular weight excluding hydrogens is 520 g/mol. The van der Waals surface area contributed by atoms with Gasteiger partial charge in [-0.3, -0.25) is 9.36 Å². The van der Waals surface area contributed by atoms with Crippen LogP contribution in [0.5, 0.6) is 11.5 Å². The lowest BCUT2D eigenvalue weighted by atomic mass is 9.95. The van der Waals surface area contributed by atoms with E-state index in [1.165, 1.54) is 30.1 Å². The summed E-state index contributed by atoms with van der Waals surface area (Å²) in [5.74, 6) is -1.40. The number of carbonyl (C=O) groups is 2. The van der Waals surface area contributed by atoms with Crippen molar-refractivity contribution >= 4 is 41.0 Å². The van der Waals surface area contributed by atoms with E-state index in [0.29, 0.717) is 32.6 Å². The maximum absolute atomic E-state index is 13.7. The Bertz CT molecular complexity index is 1570. The minimum Gasteiger partial charge on any atom is -0.493 e. The first kappa shape index (κ1) is 26.2. The van der Waals surface area contributed by atoms with Crippen LogP contribution in [0, 0.1) is 0 Å². The van der Waals surface area contributed by atoms with Crippen LogP contribution in [0.3, 0.4) is 0 Å². The zero-order valence-corrected chi connectivity index (χ0v) is 21.8. The summed E-state index contributed by atoms with van der Waals surface area (Å²) in [6.07, 6.45) is 2.11. The molecule has 0 unspecified atom stereocenters. The highest BCUT2D eigenvalue weighted by Gasteiger charge is 2.33. The molecule has 0 amide bonds. The van der Waals surface area contributed by atoms with Gasteiger partial charge in [0.1, 0.15) is 0 Å². The Morgan fingerprint density at radius 2 is 1.95 bits per heavy atom. The van der Waals surface area contributed by atoms with Crippen LogP contribution in [0.2, 0.25) is 5.02 Å². The van der Waals surface area contributed by atoms with E-state index in [1.807, 2.05) is 37.3 Å². The highest BCUT2D eigenvalue weighted by Crippen LogP contribution is 2.37. The van der Waals surface area contributed by atoms with Gasteiger partial charge in [-0.2, -0.15) is 0 Å². The van der Waals surface area contributed by atoms with Gasteiger partial charge in [0.05, 0.1) is 41.1 Å². The highest BCUT2D eigenvalue weighted by molar-refractivity contribution is 7.07. The number of carbonyl (C=O) groups excluding carboxylic acids is 1.